The largest absolute Gasteiger partial charge is 0.492 e. The van der Waals surface area contributed by atoms with Gasteiger partial charge in [-0.15, -0.1) is 0 Å². The molecule has 0 aliphatic heterocycles. The summed E-state index contributed by atoms with van der Waals surface area (Å²) in [7, 11) is 0. The van der Waals surface area contributed by atoms with Gasteiger partial charge in [0.2, 0.25) is 0 Å². The number of nitrogens with one attached hydrogen (secondary N) is 1. The Labute approximate surface area is 123 Å². The molecule has 1 fully saturated rings. The van der Waals surface area contributed by atoms with Crippen molar-refractivity contribution in [2.24, 2.45) is 10.8 Å². The van der Waals surface area contributed by atoms with Crippen LogP contribution in [0.2, 0.25) is 0 Å². The maximum Gasteiger partial charge on any atom is 0.142 e. The number of rotatable bonds is 4. The first-order chi connectivity index (χ1) is 9.31. The fraction of sp³-hybridized carbons (Fsp3) is 0.667. The van der Waals surface area contributed by atoms with Crippen molar-refractivity contribution in [3.8, 4) is 5.75 Å². The van der Waals surface area contributed by atoms with E-state index in [9.17, 15) is 0 Å². The number of hydrogen-bond acceptors (Lipinski definition) is 2. The summed E-state index contributed by atoms with van der Waals surface area (Å²) in [5.41, 5.74) is 1.94. The van der Waals surface area contributed by atoms with Crippen LogP contribution < -0.4 is 10.1 Å². The van der Waals surface area contributed by atoms with Crippen molar-refractivity contribution in [1.82, 2.24) is 0 Å². The molecular formula is C18H29NO. The van der Waals surface area contributed by atoms with Crippen molar-refractivity contribution in [1.29, 1.82) is 0 Å². The van der Waals surface area contributed by atoms with Crippen LogP contribution in [0.1, 0.15) is 53.9 Å². The van der Waals surface area contributed by atoms with Gasteiger partial charge in [-0.05, 0) is 49.1 Å². The Kier molecular flexibility index (Phi) is 4.31. The second kappa shape index (κ2) is 5.67. The molecule has 0 unspecified atom stereocenters. The van der Waals surface area contributed by atoms with Crippen LogP contribution in [0, 0.1) is 10.8 Å². The van der Waals surface area contributed by atoms with Crippen molar-refractivity contribution in [3.05, 3.63) is 24.3 Å². The standard InChI is InChI=1S/C18H29NO/c1-6-20-16-10-8-7-9-15(16)19-14-11-17(2,3)13-18(4,5)12-14/h7-10,14,19H,6,11-13H2,1-5H3. The number of ether oxygens (including phenoxy) is 1. The predicted octanol–water partition coefficient (Wildman–Crippen LogP) is 5.10. The van der Waals surface area contributed by atoms with E-state index in [1.54, 1.807) is 0 Å². The van der Waals surface area contributed by atoms with Gasteiger partial charge in [0.15, 0.2) is 0 Å². The molecule has 0 saturated heterocycles. The molecule has 0 radical (unpaired) electrons. The molecular weight excluding hydrogens is 246 g/mol. The smallest absolute Gasteiger partial charge is 0.142 e. The lowest BCUT2D eigenvalue weighted by atomic mass is 9.63. The average molecular weight is 275 g/mol. The SMILES string of the molecule is CCOc1ccccc1NC1CC(C)(C)CC(C)(C)C1. The fourth-order valence-electron chi connectivity index (χ4n) is 4.04. The highest BCUT2D eigenvalue weighted by Gasteiger charge is 2.38. The Hall–Kier alpha value is -1.18. The molecule has 1 saturated carbocycles. The van der Waals surface area contributed by atoms with E-state index >= 15 is 0 Å². The van der Waals surface area contributed by atoms with Crippen LogP contribution in [0.5, 0.6) is 5.75 Å². The third kappa shape index (κ3) is 3.91. The maximum absolute atomic E-state index is 5.72. The Bertz CT molecular complexity index is 434. The summed E-state index contributed by atoms with van der Waals surface area (Å²) in [6.07, 6.45) is 3.74. The minimum absolute atomic E-state index is 0.403. The Balaban J connectivity index is 2.13. The molecule has 112 valence electrons. The van der Waals surface area contributed by atoms with Crippen molar-refractivity contribution in [2.75, 3.05) is 11.9 Å². The van der Waals surface area contributed by atoms with Crippen LogP contribution in [0.25, 0.3) is 0 Å². The number of para-hydroxylation sites is 2. The first-order valence-electron chi connectivity index (χ1n) is 7.80. The van der Waals surface area contributed by atoms with Crippen LogP contribution >= 0.6 is 0 Å². The molecule has 20 heavy (non-hydrogen) atoms. The van der Waals surface area contributed by atoms with Gasteiger partial charge in [-0.25, -0.2) is 0 Å². The van der Waals surface area contributed by atoms with E-state index in [0.717, 1.165) is 11.4 Å². The third-order valence-corrected chi connectivity index (χ3v) is 4.10. The van der Waals surface area contributed by atoms with E-state index < -0.39 is 0 Å². The van der Waals surface area contributed by atoms with E-state index in [4.69, 9.17) is 4.74 Å². The second-order valence-electron chi connectivity index (χ2n) is 7.68. The molecule has 2 heteroatoms. The van der Waals surface area contributed by atoms with E-state index in [2.05, 4.69) is 45.1 Å². The third-order valence-electron chi connectivity index (χ3n) is 4.10. The van der Waals surface area contributed by atoms with Gasteiger partial charge in [-0.1, -0.05) is 39.8 Å². The van der Waals surface area contributed by atoms with Crippen molar-refractivity contribution < 1.29 is 4.74 Å². The molecule has 0 aromatic heterocycles. The van der Waals surface area contributed by atoms with E-state index in [-0.39, 0.29) is 0 Å². The van der Waals surface area contributed by atoms with E-state index in [1.807, 2.05) is 19.1 Å². The summed E-state index contributed by atoms with van der Waals surface area (Å²) in [4.78, 5) is 0. The van der Waals surface area contributed by atoms with E-state index in [1.165, 1.54) is 19.3 Å². The summed E-state index contributed by atoms with van der Waals surface area (Å²) >= 11 is 0. The molecule has 0 bridgehead atoms. The topological polar surface area (TPSA) is 21.3 Å². The normalized spacial score (nSPS) is 21.4. The van der Waals surface area contributed by atoms with Crippen LogP contribution in [0.15, 0.2) is 24.3 Å². The zero-order valence-electron chi connectivity index (χ0n) is 13.6. The molecule has 1 aromatic rings. The second-order valence-corrected chi connectivity index (χ2v) is 7.68. The van der Waals surface area contributed by atoms with Crippen molar-refractivity contribution in [3.63, 3.8) is 0 Å². The summed E-state index contributed by atoms with van der Waals surface area (Å²) in [5.74, 6) is 0.969. The first kappa shape index (κ1) is 15.2. The predicted molar refractivity (Wildman–Crippen MR) is 86.4 cm³/mol. The molecule has 1 aliphatic rings. The molecule has 1 aromatic carbocycles. The first-order valence-corrected chi connectivity index (χ1v) is 7.80. The lowest BCUT2D eigenvalue weighted by Gasteiger charge is -2.45. The summed E-state index contributed by atoms with van der Waals surface area (Å²) in [6.45, 7) is 12.3. The van der Waals surface area contributed by atoms with Crippen molar-refractivity contribution in [2.45, 2.75) is 59.9 Å². The zero-order valence-corrected chi connectivity index (χ0v) is 13.6. The lowest BCUT2D eigenvalue weighted by Crippen LogP contribution is -2.40. The summed E-state index contributed by atoms with van der Waals surface area (Å²) in [5, 5.41) is 3.72. The minimum atomic E-state index is 0.403. The summed E-state index contributed by atoms with van der Waals surface area (Å²) < 4.78 is 5.72. The van der Waals surface area contributed by atoms with Gasteiger partial charge >= 0.3 is 0 Å². The van der Waals surface area contributed by atoms with Crippen LogP contribution in [-0.4, -0.2) is 12.6 Å². The van der Waals surface area contributed by atoms with Gasteiger partial charge in [-0.3, -0.25) is 0 Å². The highest BCUT2D eigenvalue weighted by molar-refractivity contribution is 5.56. The van der Waals surface area contributed by atoms with Crippen molar-refractivity contribution >= 4 is 5.69 Å². The number of hydrogen-bond donors (Lipinski definition) is 1. The molecule has 0 amide bonds. The Morgan fingerprint density at radius 1 is 1.10 bits per heavy atom. The highest BCUT2D eigenvalue weighted by atomic mass is 16.5. The van der Waals surface area contributed by atoms with Gasteiger partial charge in [0.05, 0.1) is 12.3 Å². The molecule has 2 rings (SSSR count). The number of benzene rings is 1. The van der Waals surface area contributed by atoms with Crippen LogP contribution in [0.3, 0.4) is 0 Å². The fourth-order valence-corrected chi connectivity index (χ4v) is 4.04. The Morgan fingerprint density at radius 2 is 1.70 bits per heavy atom. The van der Waals surface area contributed by atoms with Crippen LogP contribution in [0.4, 0.5) is 5.69 Å². The molecule has 2 nitrogen and oxygen atoms in total. The van der Waals surface area contributed by atoms with Gasteiger partial charge in [0.1, 0.15) is 5.75 Å². The maximum atomic E-state index is 5.72. The van der Waals surface area contributed by atoms with Gasteiger partial charge in [0, 0.05) is 6.04 Å². The van der Waals surface area contributed by atoms with Crippen LogP contribution in [-0.2, 0) is 0 Å². The molecule has 0 spiro atoms. The Morgan fingerprint density at radius 3 is 2.30 bits per heavy atom. The molecule has 1 N–H and O–H groups in total. The quantitative estimate of drug-likeness (QED) is 0.825. The van der Waals surface area contributed by atoms with Gasteiger partial charge in [-0.2, -0.15) is 0 Å². The minimum Gasteiger partial charge on any atom is -0.492 e. The van der Waals surface area contributed by atoms with Gasteiger partial charge in [0.25, 0.3) is 0 Å². The molecule has 0 heterocycles. The monoisotopic (exact) mass is 275 g/mol. The zero-order chi connectivity index (χ0) is 14.8. The van der Waals surface area contributed by atoms with Gasteiger partial charge < -0.3 is 10.1 Å². The highest BCUT2D eigenvalue weighted by Crippen LogP contribution is 2.46. The molecule has 0 atom stereocenters. The number of anilines is 1. The summed E-state index contributed by atoms with van der Waals surface area (Å²) in [6, 6.07) is 8.80. The van der Waals surface area contributed by atoms with E-state index in [0.29, 0.717) is 23.5 Å². The average Bonchev–Trinajstić information content (AvgIpc) is 2.27. The lowest BCUT2D eigenvalue weighted by molar-refractivity contribution is 0.105. The molecule has 1 aliphatic carbocycles.